The highest BCUT2D eigenvalue weighted by Crippen LogP contribution is 2.08. The van der Waals surface area contributed by atoms with Gasteiger partial charge in [-0.05, 0) is 19.1 Å². The van der Waals surface area contributed by atoms with E-state index >= 15 is 0 Å². The monoisotopic (exact) mass is 193 g/mol. The first-order chi connectivity index (χ1) is 6.65. The van der Waals surface area contributed by atoms with Gasteiger partial charge >= 0.3 is 0 Å². The summed E-state index contributed by atoms with van der Waals surface area (Å²) in [7, 11) is 3.79. The first kappa shape index (κ1) is 10.5. The highest BCUT2D eigenvalue weighted by Gasteiger charge is 2.05. The summed E-state index contributed by atoms with van der Waals surface area (Å²) in [6.45, 7) is 2.53. The summed E-state index contributed by atoms with van der Waals surface area (Å²) in [5, 5.41) is 2.74. The molecule has 0 atom stereocenters. The molecule has 1 heterocycles. The molecule has 1 aromatic heterocycles. The highest BCUT2D eigenvalue weighted by molar-refractivity contribution is 5.94. The highest BCUT2D eigenvalue weighted by atomic mass is 16.1. The Morgan fingerprint density at radius 2 is 2.29 bits per heavy atom. The summed E-state index contributed by atoms with van der Waals surface area (Å²) < 4.78 is 0. The third-order valence-electron chi connectivity index (χ3n) is 1.80. The molecule has 0 unspecified atom stereocenters. The molecule has 0 fully saturated rings. The van der Waals surface area contributed by atoms with Crippen LogP contribution in [0.4, 0.5) is 5.82 Å². The zero-order valence-electron chi connectivity index (χ0n) is 8.74. The lowest BCUT2D eigenvalue weighted by Crippen LogP contribution is -2.23. The first-order valence-electron chi connectivity index (χ1n) is 4.56. The van der Waals surface area contributed by atoms with Crippen LogP contribution < -0.4 is 10.2 Å². The first-order valence-corrected chi connectivity index (χ1v) is 4.56. The predicted octanol–water partition coefficient (Wildman–Crippen LogP) is 0.897. The number of carbonyl (C=O) groups excluding carboxylic acids is 1. The zero-order chi connectivity index (χ0) is 10.6. The van der Waals surface area contributed by atoms with Crippen LogP contribution in [0.5, 0.6) is 0 Å². The van der Waals surface area contributed by atoms with Gasteiger partial charge in [-0.1, -0.05) is 0 Å². The van der Waals surface area contributed by atoms with E-state index in [0.29, 0.717) is 12.1 Å². The third kappa shape index (κ3) is 2.45. The van der Waals surface area contributed by atoms with Crippen molar-refractivity contribution in [3.63, 3.8) is 0 Å². The van der Waals surface area contributed by atoms with Crippen molar-refractivity contribution in [2.75, 3.05) is 25.5 Å². The van der Waals surface area contributed by atoms with Gasteiger partial charge in [0.05, 0.1) is 0 Å². The minimum atomic E-state index is -0.0574. The smallest absolute Gasteiger partial charge is 0.251 e. The summed E-state index contributed by atoms with van der Waals surface area (Å²) in [5.74, 6) is 0.728. The molecule has 0 aliphatic rings. The summed E-state index contributed by atoms with van der Waals surface area (Å²) in [4.78, 5) is 17.5. The van der Waals surface area contributed by atoms with E-state index in [9.17, 15) is 4.79 Å². The molecule has 1 N–H and O–H groups in total. The van der Waals surface area contributed by atoms with E-state index in [4.69, 9.17) is 0 Å². The maximum absolute atomic E-state index is 11.5. The van der Waals surface area contributed by atoms with Crippen molar-refractivity contribution < 1.29 is 4.79 Å². The van der Waals surface area contributed by atoms with Crippen LogP contribution in [0.3, 0.4) is 0 Å². The maximum atomic E-state index is 11.5. The zero-order valence-corrected chi connectivity index (χ0v) is 8.74. The van der Waals surface area contributed by atoms with Crippen molar-refractivity contribution in [2.24, 2.45) is 0 Å². The van der Waals surface area contributed by atoms with E-state index in [-0.39, 0.29) is 5.91 Å². The Bertz CT molecular complexity index is 323. The number of nitrogens with one attached hydrogen (secondary N) is 1. The molecule has 0 aromatic carbocycles. The Kier molecular flexibility index (Phi) is 3.45. The summed E-state index contributed by atoms with van der Waals surface area (Å²) >= 11 is 0. The van der Waals surface area contributed by atoms with Gasteiger partial charge in [-0.3, -0.25) is 4.79 Å². The maximum Gasteiger partial charge on any atom is 0.251 e. The van der Waals surface area contributed by atoms with Gasteiger partial charge in [-0.15, -0.1) is 0 Å². The predicted molar refractivity (Wildman–Crippen MR) is 56.6 cm³/mol. The number of hydrogen-bond acceptors (Lipinski definition) is 3. The number of pyridine rings is 1. The molecule has 0 radical (unpaired) electrons. The standard InChI is InChI=1S/C10H15N3O/c1-4-11-10(14)8-5-6-12-9(7-8)13(2)3/h5-7H,4H2,1-3H3,(H,11,14). The number of rotatable bonds is 3. The normalized spacial score (nSPS) is 9.64. The van der Waals surface area contributed by atoms with E-state index in [2.05, 4.69) is 10.3 Å². The number of amides is 1. The van der Waals surface area contributed by atoms with E-state index in [1.807, 2.05) is 25.9 Å². The minimum Gasteiger partial charge on any atom is -0.363 e. The van der Waals surface area contributed by atoms with Crippen LogP contribution in [0.1, 0.15) is 17.3 Å². The Balaban J connectivity index is 2.88. The molecule has 1 aromatic rings. The molecule has 0 saturated heterocycles. The van der Waals surface area contributed by atoms with Crippen LogP contribution >= 0.6 is 0 Å². The molecule has 0 aliphatic carbocycles. The molecular formula is C10H15N3O. The average Bonchev–Trinajstić information content (AvgIpc) is 2.18. The van der Waals surface area contributed by atoms with Crippen molar-refractivity contribution in [1.82, 2.24) is 10.3 Å². The fourth-order valence-electron chi connectivity index (χ4n) is 1.07. The molecule has 1 rings (SSSR count). The SMILES string of the molecule is CCNC(=O)c1ccnc(N(C)C)c1. The average molecular weight is 193 g/mol. The Hall–Kier alpha value is -1.58. The molecular weight excluding hydrogens is 178 g/mol. The Labute approximate surface area is 83.9 Å². The number of aromatic nitrogens is 1. The lowest BCUT2D eigenvalue weighted by molar-refractivity contribution is 0.0956. The van der Waals surface area contributed by atoms with Crippen LogP contribution in [-0.2, 0) is 0 Å². The number of nitrogens with zero attached hydrogens (tertiary/aromatic N) is 2. The quantitative estimate of drug-likeness (QED) is 0.775. The second-order valence-corrected chi connectivity index (χ2v) is 3.16. The van der Waals surface area contributed by atoms with E-state index in [0.717, 1.165) is 5.82 Å². The van der Waals surface area contributed by atoms with Crippen molar-refractivity contribution in [3.8, 4) is 0 Å². The summed E-state index contributed by atoms with van der Waals surface area (Å²) in [6.07, 6.45) is 1.64. The van der Waals surface area contributed by atoms with Crippen molar-refractivity contribution in [1.29, 1.82) is 0 Å². The van der Waals surface area contributed by atoms with Gasteiger partial charge in [-0.25, -0.2) is 4.98 Å². The Morgan fingerprint density at radius 3 is 2.86 bits per heavy atom. The molecule has 0 bridgehead atoms. The van der Waals surface area contributed by atoms with Gasteiger partial charge < -0.3 is 10.2 Å². The second-order valence-electron chi connectivity index (χ2n) is 3.16. The molecule has 4 heteroatoms. The molecule has 1 amide bonds. The van der Waals surface area contributed by atoms with Crippen LogP contribution in [0.15, 0.2) is 18.3 Å². The molecule has 4 nitrogen and oxygen atoms in total. The van der Waals surface area contributed by atoms with E-state index in [1.54, 1.807) is 18.3 Å². The van der Waals surface area contributed by atoms with Crippen molar-refractivity contribution in [3.05, 3.63) is 23.9 Å². The van der Waals surface area contributed by atoms with Gasteiger partial charge in [-0.2, -0.15) is 0 Å². The van der Waals surface area contributed by atoms with E-state index < -0.39 is 0 Å². The topological polar surface area (TPSA) is 45.2 Å². The number of hydrogen-bond donors (Lipinski definition) is 1. The lowest BCUT2D eigenvalue weighted by Gasteiger charge is -2.11. The van der Waals surface area contributed by atoms with Crippen molar-refractivity contribution >= 4 is 11.7 Å². The van der Waals surface area contributed by atoms with E-state index in [1.165, 1.54) is 0 Å². The molecule has 14 heavy (non-hydrogen) atoms. The van der Waals surface area contributed by atoms with Gasteiger partial charge in [0.2, 0.25) is 0 Å². The summed E-state index contributed by atoms with van der Waals surface area (Å²) in [6, 6.07) is 3.48. The number of anilines is 1. The van der Waals surface area contributed by atoms with Crippen LogP contribution in [0.25, 0.3) is 0 Å². The minimum absolute atomic E-state index is 0.0574. The van der Waals surface area contributed by atoms with Crippen LogP contribution in [0.2, 0.25) is 0 Å². The lowest BCUT2D eigenvalue weighted by atomic mass is 10.2. The van der Waals surface area contributed by atoms with Crippen molar-refractivity contribution in [2.45, 2.75) is 6.92 Å². The van der Waals surface area contributed by atoms with Gasteiger partial charge in [0.25, 0.3) is 5.91 Å². The summed E-state index contributed by atoms with van der Waals surface area (Å²) in [5.41, 5.74) is 0.644. The van der Waals surface area contributed by atoms with Crippen LogP contribution in [0, 0.1) is 0 Å². The third-order valence-corrected chi connectivity index (χ3v) is 1.80. The molecule has 0 saturated carbocycles. The molecule has 0 spiro atoms. The van der Waals surface area contributed by atoms with Crippen LogP contribution in [-0.4, -0.2) is 31.5 Å². The fourth-order valence-corrected chi connectivity index (χ4v) is 1.07. The fraction of sp³-hybridized carbons (Fsp3) is 0.400. The Morgan fingerprint density at radius 1 is 1.57 bits per heavy atom. The molecule has 0 aliphatic heterocycles. The van der Waals surface area contributed by atoms with Gasteiger partial charge in [0.15, 0.2) is 0 Å². The van der Waals surface area contributed by atoms with Gasteiger partial charge in [0.1, 0.15) is 5.82 Å². The van der Waals surface area contributed by atoms with Gasteiger partial charge in [0, 0.05) is 32.4 Å². The largest absolute Gasteiger partial charge is 0.363 e. The number of carbonyl (C=O) groups is 1. The second kappa shape index (κ2) is 4.60. The molecule has 76 valence electrons.